The lowest BCUT2D eigenvalue weighted by Gasteiger charge is -2.25. The summed E-state index contributed by atoms with van der Waals surface area (Å²) in [6.07, 6.45) is 6.73. The lowest BCUT2D eigenvalue weighted by Crippen LogP contribution is -2.18. The second kappa shape index (κ2) is 11.5. The number of benzene rings is 1. The van der Waals surface area contributed by atoms with Crippen molar-refractivity contribution in [1.29, 1.82) is 0 Å². The molecule has 1 aliphatic rings. The molecule has 0 bridgehead atoms. The number of amides is 1. The summed E-state index contributed by atoms with van der Waals surface area (Å²) in [6.45, 7) is 2.10. The SMILES string of the molecule is CCOC(=O)c1ccc(NC(=O)CSc2nnc(Cc3cccs3)n2C2CCCCC2)cc1. The molecule has 0 spiro atoms. The van der Waals surface area contributed by atoms with Crippen LogP contribution in [0, 0.1) is 0 Å². The lowest BCUT2D eigenvalue weighted by atomic mass is 9.95. The Bertz CT molecular complexity index is 1060. The summed E-state index contributed by atoms with van der Waals surface area (Å²) in [4.78, 5) is 25.6. The van der Waals surface area contributed by atoms with Crippen LogP contribution in [0.3, 0.4) is 0 Å². The molecule has 0 unspecified atom stereocenters. The molecule has 1 aromatic carbocycles. The topological polar surface area (TPSA) is 86.1 Å². The summed E-state index contributed by atoms with van der Waals surface area (Å²) in [5.41, 5.74) is 1.10. The number of nitrogens with one attached hydrogen (secondary N) is 1. The van der Waals surface area contributed by atoms with Gasteiger partial charge in [-0.2, -0.15) is 0 Å². The number of hydrogen-bond donors (Lipinski definition) is 1. The van der Waals surface area contributed by atoms with Gasteiger partial charge in [0.05, 0.1) is 17.9 Å². The van der Waals surface area contributed by atoms with Gasteiger partial charge in [-0.05, 0) is 55.5 Å². The van der Waals surface area contributed by atoms with E-state index in [4.69, 9.17) is 4.74 Å². The minimum atomic E-state index is -0.369. The molecule has 1 aliphatic carbocycles. The zero-order valence-electron chi connectivity index (χ0n) is 18.7. The van der Waals surface area contributed by atoms with Gasteiger partial charge in [0.25, 0.3) is 0 Å². The second-order valence-corrected chi connectivity index (χ2v) is 9.93. The van der Waals surface area contributed by atoms with Crippen molar-refractivity contribution in [1.82, 2.24) is 14.8 Å². The molecule has 7 nitrogen and oxygen atoms in total. The van der Waals surface area contributed by atoms with Crippen molar-refractivity contribution in [2.45, 2.75) is 56.6 Å². The number of ether oxygens (including phenoxy) is 1. The van der Waals surface area contributed by atoms with E-state index in [-0.39, 0.29) is 17.6 Å². The highest BCUT2D eigenvalue weighted by atomic mass is 32.2. The van der Waals surface area contributed by atoms with E-state index in [1.807, 2.05) is 0 Å². The number of hydrogen-bond acceptors (Lipinski definition) is 7. The van der Waals surface area contributed by atoms with Crippen LogP contribution < -0.4 is 5.32 Å². The minimum absolute atomic E-state index is 0.123. The van der Waals surface area contributed by atoms with Crippen LogP contribution >= 0.6 is 23.1 Å². The van der Waals surface area contributed by atoms with Crippen LogP contribution in [-0.2, 0) is 16.0 Å². The monoisotopic (exact) mass is 484 g/mol. The number of anilines is 1. The average Bonchev–Trinajstić information content (AvgIpc) is 3.49. The number of aromatic nitrogens is 3. The summed E-state index contributed by atoms with van der Waals surface area (Å²) in [7, 11) is 0. The standard InChI is InChI=1S/C24H28N4O3S2/c1-2-31-23(30)17-10-12-18(13-11-17)25-22(29)16-33-24-27-26-21(15-20-9-6-14-32-20)28(24)19-7-4-3-5-8-19/h6,9-14,19H,2-5,7-8,15-16H2,1H3,(H,25,29). The molecule has 2 heterocycles. The smallest absolute Gasteiger partial charge is 0.338 e. The fourth-order valence-electron chi connectivity index (χ4n) is 4.03. The zero-order valence-corrected chi connectivity index (χ0v) is 20.3. The Morgan fingerprint density at radius 3 is 2.64 bits per heavy atom. The molecule has 1 fully saturated rings. The molecule has 33 heavy (non-hydrogen) atoms. The van der Waals surface area contributed by atoms with E-state index in [9.17, 15) is 9.59 Å². The highest BCUT2D eigenvalue weighted by Crippen LogP contribution is 2.33. The van der Waals surface area contributed by atoms with E-state index < -0.39 is 0 Å². The number of rotatable bonds is 9. The van der Waals surface area contributed by atoms with Crippen molar-refractivity contribution < 1.29 is 14.3 Å². The molecule has 1 N–H and O–H groups in total. The van der Waals surface area contributed by atoms with Crippen LogP contribution in [0.25, 0.3) is 0 Å². The van der Waals surface area contributed by atoms with Crippen LogP contribution in [-0.4, -0.2) is 39.0 Å². The Labute approximate surface area is 201 Å². The van der Waals surface area contributed by atoms with Crippen molar-refractivity contribution in [2.24, 2.45) is 0 Å². The fourth-order valence-corrected chi connectivity index (χ4v) is 5.56. The van der Waals surface area contributed by atoms with E-state index in [1.54, 1.807) is 42.5 Å². The first-order valence-electron chi connectivity index (χ1n) is 11.3. The van der Waals surface area contributed by atoms with Gasteiger partial charge in [0.15, 0.2) is 5.16 Å². The molecule has 0 atom stereocenters. The van der Waals surface area contributed by atoms with Crippen molar-refractivity contribution in [3.63, 3.8) is 0 Å². The molecule has 0 aliphatic heterocycles. The first-order chi connectivity index (χ1) is 16.1. The second-order valence-electron chi connectivity index (χ2n) is 7.95. The third kappa shape index (κ3) is 6.23. The maximum Gasteiger partial charge on any atom is 0.338 e. The van der Waals surface area contributed by atoms with Crippen LogP contribution in [0.4, 0.5) is 5.69 Å². The van der Waals surface area contributed by atoms with Gasteiger partial charge >= 0.3 is 5.97 Å². The van der Waals surface area contributed by atoms with Gasteiger partial charge < -0.3 is 14.6 Å². The van der Waals surface area contributed by atoms with Gasteiger partial charge in [0.1, 0.15) is 5.82 Å². The molecule has 1 saturated carbocycles. The first-order valence-corrected chi connectivity index (χ1v) is 13.2. The number of carbonyl (C=O) groups excluding carboxylic acids is 2. The molecule has 0 saturated heterocycles. The molecular formula is C24H28N4O3S2. The number of carbonyl (C=O) groups is 2. The van der Waals surface area contributed by atoms with Gasteiger partial charge in [0.2, 0.25) is 5.91 Å². The summed E-state index contributed by atoms with van der Waals surface area (Å²) >= 11 is 3.15. The van der Waals surface area contributed by atoms with E-state index in [0.29, 0.717) is 23.9 Å². The number of nitrogens with zero attached hydrogens (tertiary/aromatic N) is 3. The Morgan fingerprint density at radius 2 is 1.94 bits per heavy atom. The normalized spacial score (nSPS) is 14.2. The Hall–Kier alpha value is -2.65. The highest BCUT2D eigenvalue weighted by Gasteiger charge is 2.24. The van der Waals surface area contributed by atoms with E-state index in [2.05, 4.69) is 37.6 Å². The maximum absolute atomic E-state index is 12.6. The van der Waals surface area contributed by atoms with Gasteiger partial charge in [0, 0.05) is 23.0 Å². The fraction of sp³-hybridized carbons (Fsp3) is 0.417. The first kappa shape index (κ1) is 23.5. The van der Waals surface area contributed by atoms with Gasteiger partial charge in [-0.1, -0.05) is 37.1 Å². The van der Waals surface area contributed by atoms with Crippen LogP contribution in [0.15, 0.2) is 46.9 Å². The molecule has 2 aromatic heterocycles. The summed E-state index contributed by atoms with van der Waals surface area (Å²) in [6, 6.07) is 11.3. The van der Waals surface area contributed by atoms with Gasteiger partial charge in [-0.3, -0.25) is 4.79 Å². The zero-order chi connectivity index (χ0) is 23.0. The molecule has 174 valence electrons. The van der Waals surface area contributed by atoms with Gasteiger partial charge in [-0.25, -0.2) is 4.79 Å². The molecule has 1 amide bonds. The lowest BCUT2D eigenvalue weighted by molar-refractivity contribution is -0.113. The Morgan fingerprint density at radius 1 is 1.15 bits per heavy atom. The van der Waals surface area contributed by atoms with Crippen LogP contribution in [0.2, 0.25) is 0 Å². The minimum Gasteiger partial charge on any atom is -0.462 e. The molecule has 0 radical (unpaired) electrons. The van der Waals surface area contributed by atoms with Crippen molar-refractivity contribution >= 4 is 40.7 Å². The number of thioether (sulfide) groups is 1. The predicted octanol–water partition coefficient (Wildman–Crippen LogP) is 5.34. The van der Waals surface area contributed by atoms with Gasteiger partial charge in [-0.15, -0.1) is 21.5 Å². The number of esters is 1. The van der Waals surface area contributed by atoms with Crippen molar-refractivity contribution in [2.75, 3.05) is 17.7 Å². The van der Waals surface area contributed by atoms with E-state index in [0.717, 1.165) is 30.2 Å². The molecule has 9 heteroatoms. The van der Waals surface area contributed by atoms with Crippen molar-refractivity contribution in [3.8, 4) is 0 Å². The molecule has 3 aromatic rings. The quantitative estimate of drug-likeness (QED) is 0.326. The highest BCUT2D eigenvalue weighted by molar-refractivity contribution is 7.99. The third-order valence-electron chi connectivity index (χ3n) is 5.60. The summed E-state index contributed by atoms with van der Waals surface area (Å²) in [5, 5.41) is 14.7. The Kier molecular flexibility index (Phi) is 8.17. The average molecular weight is 485 g/mol. The van der Waals surface area contributed by atoms with E-state index in [1.165, 1.54) is 35.9 Å². The summed E-state index contributed by atoms with van der Waals surface area (Å²) < 4.78 is 7.26. The molecular weight excluding hydrogens is 456 g/mol. The van der Waals surface area contributed by atoms with Crippen LogP contribution in [0.1, 0.15) is 66.1 Å². The Balaban J connectivity index is 1.40. The maximum atomic E-state index is 12.6. The third-order valence-corrected chi connectivity index (χ3v) is 7.42. The largest absolute Gasteiger partial charge is 0.462 e. The van der Waals surface area contributed by atoms with Crippen LogP contribution in [0.5, 0.6) is 0 Å². The van der Waals surface area contributed by atoms with E-state index >= 15 is 0 Å². The number of thiophene rings is 1. The summed E-state index contributed by atoms with van der Waals surface area (Å²) in [5.74, 6) is 0.721. The predicted molar refractivity (Wildman–Crippen MR) is 131 cm³/mol. The van der Waals surface area contributed by atoms with Crippen molar-refractivity contribution in [3.05, 3.63) is 58.0 Å². The molecule has 4 rings (SSSR count).